The molecule has 0 fully saturated rings. The molecule has 0 saturated carbocycles. The third-order valence-electron chi connectivity index (χ3n) is 1.55. The maximum atomic E-state index is 6.02. The van der Waals surface area contributed by atoms with E-state index in [2.05, 4.69) is 9.70 Å². The molecule has 0 bridgehead atoms. The number of hydrogen-bond donors (Lipinski definition) is 0. The van der Waals surface area contributed by atoms with Crippen LogP contribution in [-0.2, 0) is 0 Å². The number of halogens is 2. The van der Waals surface area contributed by atoms with Crippen LogP contribution in [0.5, 0.6) is 0 Å². The molecule has 2 radical (unpaired) electrons. The van der Waals surface area contributed by atoms with Crippen molar-refractivity contribution in [1.82, 2.24) is 0 Å². The molecule has 1 nitrogen and oxygen atoms in total. The normalized spacial score (nSPS) is 9.77. The van der Waals surface area contributed by atoms with Gasteiger partial charge in [-0.05, 0) is 0 Å². The van der Waals surface area contributed by atoms with Crippen molar-refractivity contribution in [3.63, 3.8) is 0 Å². The maximum absolute atomic E-state index is 6.02. The molecule has 1 aromatic carbocycles. The molecule has 1 rings (SSSR count). The van der Waals surface area contributed by atoms with Gasteiger partial charge < -0.3 is 0 Å². The summed E-state index contributed by atoms with van der Waals surface area (Å²) >= 11 is 13.0. The minimum absolute atomic E-state index is 0.696. The van der Waals surface area contributed by atoms with Gasteiger partial charge >= 0.3 is 102 Å². The van der Waals surface area contributed by atoms with E-state index in [1.807, 2.05) is 24.3 Å². The Balaban J connectivity index is 3.04. The van der Waals surface area contributed by atoms with Crippen LogP contribution in [0.1, 0.15) is 0 Å². The van der Waals surface area contributed by atoms with E-state index in [-0.39, 0.29) is 0 Å². The number of rotatable bonds is 3. The molecule has 4 heteroatoms. The van der Waals surface area contributed by atoms with Gasteiger partial charge in [-0.2, -0.15) is 0 Å². The molecule has 13 heavy (non-hydrogen) atoms. The number of hydrogen-bond acceptors (Lipinski definition) is 1. The van der Waals surface area contributed by atoms with Gasteiger partial charge in [-0.15, -0.1) is 0 Å². The summed E-state index contributed by atoms with van der Waals surface area (Å²) in [5.41, 5.74) is 0.910. The van der Waals surface area contributed by atoms with Gasteiger partial charge in [-0.25, -0.2) is 0 Å². The topological polar surface area (TPSA) is 3.24 Å². The van der Waals surface area contributed by atoms with E-state index in [9.17, 15) is 0 Å². The quantitative estimate of drug-likeness (QED) is 0.611. The summed E-state index contributed by atoms with van der Waals surface area (Å²) in [4.78, 5) is 0. The number of para-hydroxylation sites is 1. The first-order valence-electron chi connectivity index (χ1n) is 3.74. The van der Waals surface area contributed by atoms with Crippen molar-refractivity contribution in [2.45, 2.75) is 0 Å². The van der Waals surface area contributed by atoms with Crippen LogP contribution >= 0.6 is 23.2 Å². The van der Waals surface area contributed by atoms with Crippen LogP contribution in [0.15, 0.2) is 30.9 Å². The monoisotopic (exact) mass is 321 g/mol. The zero-order valence-electron chi connectivity index (χ0n) is 7.00. The van der Waals surface area contributed by atoms with Crippen LogP contribution in [0.25, 0.3) is 0 Å². The van der Waals surface area contributed by atoms with Crippen molar-refractivity contribution < 1.29 is 0 Å². The first kappa shape index (κ1) is 11.2. The van der Waals surface area contributed by atoms with Crippen molar-refractivity contribution in [2.75, 3.05) is 9.67 Å². The molecular formula is C9H9Cl2NSn. The van der Waals surface area contributed by atoms with E-state index in [4.69, 9.17) is 23.2 Å². The Labute approximate surface area is 102 Å². The Morgan fingerprint density at radius 3 is 2.38 bits per heavy atom. The molecule has 0 N–H and O–H groups in total. The number of nitrogens with zero attached hydrogens (tertiary/aromatic N) is 1. The molecular weight excluding hydrogens is 312 g/mol. The van der Waals surface area contributed by atoms with E-state index >= 15 is 0 Å². The van der Waals surface area contributed by atoms with Gasteiger partial charge in [0, 0.05) is 0 Å². The molecule has 0 amide bonds. The molecule has 68 valence electrons. The molecule has 0 aromatic heterocycles. The standard InChI is InChI=1S/C9H8Cl2N.Sn.H/c1-2-6-12-9-7(10)4-3-5-8(9)11;;/h2-5H,1,6H2;;/q-1;+1;. The summed E-state index contributed by atoms with van der Waals surface area (Å²) in [6.45, 7) is 4.46. The van der Waals surface area contributed by atoms with Gasteiger partial charge in [0.2, 0.25) is 0 Å². The average molecular weight is 321 g/mol. The second kappa shape index (κ2) is 5.13. The molecule has 0 aliphatic rings. The molecule has 0 spiro atoms. The second-order valence-corrected chi connectivity index (χ2v) is 5.10. The third kappa shape index (κ3) is 2.79. The van der Waals surface area contributed by atoms with E-state index < -0.39 is 0 Å². The van der Waals surface area contributed by atoms with Gasteiger partial charge in [0.15, 0.2) is 0 Å². The molecule has 0 aliphatic carbocycles. The predicted octanol–water partition coefficient (Wildman–Crippen LogP) is 2.80. The van der Waals surface area contributed by atoms with Crippen LogP contribution in [0.4, 0.5) is 5.69 Å². The fourth-order valence-electron chi connectivity index (χ4n) is 0.994. The Bertz CT molecular complexity index is 294. The molecule has 0 atom stereocenters. The van der Waals surface area contributed by atoms with Crippen molar-refractivity contribution in [1.29, 1.82) is 0 Å². The molecule has 0 saturated heterocycles. The molecule has 0 aliphatic heterocycles. The molecule has 1 aromatic rings. The average Bonchev–Trinajstić information content (AvgIpc) is 2.04. The fourth-order valence-corrected chi connectivity index (χ4v) is 3.29. The van der Waals surface area contributed by atoms with Crippen molar-refractivity contribution >= 4 is 51.7 Å². The van der Waals surface area contributed by atoms with Crippen LogP contribution in [0.2, 0.25) is 10.0 Å². The van der Waals surface area contributed by atoms with Gasteiger partial charge in [0.1, 0.15) is 0 Å². The van der Waals surface area contributed by atoms with Crippen molar-refractivity contribution in [2.24, 2.45) is 0 Å². The van der Waals surface area contributed by atoms with Gasteiger partial charge in [0.05, 0.1) is 0 Å². The third-order valence-corrected chi connectivity index (χ3v) is 3.50. The Kier molecular flexibility index (Phi) is 4.42. The van der Waals surface area contributed by atoms with Crippen LogP contribution < -0.4 is 3.12 Å². The SMILES string of the molecule is C=CC[N]([SnH])c1c(Cl)cccc1Cl. The van der Waals surface area contributed by atoms with Crippen molar-refractivity contribution in [3.8, 4) is 0 Å². The predicted molar refractivity (Wildman–Crippen MR) is 61.2 cm³/mol. The summed E-state index contributed by atoms with van der Waals surface area (Å²) in [7, 11) is 0. The Hall–Kier alpha value is 0.139. The van der Waals surface area contributed by atoms with Crippen molar-refractivity contribution in [3.05, 3.63) is 40.9 Å². The zero-order chi connectivity index (χ0) is 9.84. The van der Waals surface area contributed by atoms with Gasteiger partial charge in [-0.1, -0.05) is 0 Å². The minimum atomic E-state index is 0.696. The molecule has 0 unspecified atom stereocenters. The van der Waals surface area contributed by atoms with E-state index in [1.54, 1.807) is 0 Å². The zero-order valence-corrected chi connectivity index (χ0v) is 11.8. The second-order valence-electron chi connectivity index (χ2n) is 2.51. The first-order chi connectivity index (χ1) is 6.16. The summed E-state index contributed by atoms with van der Waals surface area (Å²) in [5.74, 6) is 0. The summed E-state index contributed by atoms with van der Waals surface area (Å²) in [5, 5.41) is 1.39. The van der Waals surface area contributed by atoms with E-state index in [0.29, 0.717) is 10.0 Å². The first-order valence-corrected chi connectivity index (χ1v) is 5.97. The summed E-state index contributed by atoms with van der Waals surface area (Å²) in [6, 6.07) is 5.53. The van der Waals surface area contributed by atoms with Crippen LogP contribution in [-0.4, -0.2) is 29.3 Å². The van der Waals surface area contributed by atoms with Gasteiger partial charge in [0.25, 0.3) is 0 Å². The fraction of sp³-hybridized carbons (Fsp3) is 0.111. The van der Waals surface area contributed by atoms with Gasteiger partial charge in [-0.3, -0.25) is 0 Å². The van der Waals surface area contributed by atoms with Crippen LogP contribution in [0, 0.1) is 0 Å². The van der Waals surface area contributed by atoms with E-state index in [1.165, 1.54) is 0 Å². The van der Waals surface area contributed by atoms with Crippen LogP contribution in [0.3, 0.4) is 0 Å². The Morgan fingerprint density at radius 1 is 1.38 bits per heavy atom. The Morgan fingerprint density at radius 2 is 1.92 bits per heavy atom. The summed E-state index contributed by atoms with van der Waals surface area (Å²) < 4.78 is 2.09. The number of anilines is 1. The van der Waals surface area contributed by atoms with E-state index in [0.717, 1.165) is 35.0 Å². The number of benzene rings is 1. The summed E-state index contributed by atoms with van der Waals surface area (Å²) in [6.07, 6.45) is 1.84. The molecule has 0 heterocycles.